The second-order valence-electron chi connectivity index (χ2n) is 6.46. The number of thiazole rings is 1. The lowest BCUT2D eigenvalue weighted by molar-refractivity contribution is 0.102. The van der Waals surface area contributed by atoms with E-state index in [1.807, 2.05) is 0 Å². The quantitative estimate of drug-likeness (QED) is 0.340. The fourth-order valence-electron chi connectivity index (χ4n) is 2.75. The minimum absolute atomic E-state index is 0.0513. The van der Waals surface area contributed by atoms with Gasteiger partial charge in [0.1, 0.15) is 5.82 Å². The van der Waals surface area contributed by atoms with Crippen molar-refractivity contribution in [3.05, 3.63) is 89.0 Å². The molecule has 0 bridgehead atoms. The van der Waals surface area contributed by atoms with Gasteiger partial charge >= 0.3 is 0 Å². The van der Waals surface area contributed by atoms with Crippen LogP contribution in [0, 0.1) is 0 Å². The minimum Gasteiger partial charge on any atom is -0.340 e. The highest BCUT2D eigenvalue weighted by Gasteiger charge is 2.17. The van der Waals surface area contributed by atoms with E-state index in [9.17, 15) is 13.2 Å². The number of aromatic nitrogens is 2. The summed E-state index contributed by atoms with van der Waals surface area (Å²) >= 11 is 7.19. The molecule has 4 rings (SSSR count). The van der Waals surface area contributed by atoms with Gasteiger partial charge in [-0.3, -0.25) is 9.52 Å². The van der Waals surface area contributed by atoms with Crippen LogP contribution >= 0.6 is 22.9 Å². The molecule has 0 aliphatic rings. The molecule has 0 atom stereocenters. The number of halogens is 1. The Morgan fingerprint density at radius 3 is 2.47 bits per heavy atom. The second kappa shape index (κ2) is 9.35. The summed E-state index contributed by atoms with van der Waals surface area (Å²) < 4.78 is 27.3. The summed E-state index contributed by atoms with van der Waals surface area (Å²) in [7, 11) is -3.77. The monoisotopic (exact) mass is 485 g/mol. The van der Waals surface area contributed by atoms with Gasteiger partial charge in [0.15, 0.2) is 5.13 Å². The first-order valence-corrected chi connectivity index (χ1v) is 12.0. The fraction of sp³-hybridized carbons (Fsp3) is 0. The Balaban J connectivity index is 1.49. The van der Waals surface area contributed by atoms with Gasteiger partial charge in [0.25, 0.3) is 15.9 Å². The van der Waals surface area contributed by atoms with Crippen molar-refractivity contribution in [3.8, 4) is 0 Å². The van der Waals surface area contributed by atoms with Crippen molar-refractivity contribution in [2.75, 3.05) is 15.4 Å². The number of carbonyl (C=O) groups excluding carboxylic acids is 1. The van der Waals surface area contributed by atoms with Gasteiger partial charge in [0, 0.05) is 34.2 Å². The molecule has 0 unspecified atom stereocenters. The predicted molar refractivity (Wildman–Crippen MR) is 126 cm³/mol. The lowest BCUT2D eigenvalue weighted by Gasteiger charge is -2.12. The van der Waals surface area contributed by atoms with Gasteiger partial charge in [-0.2, -0.15) is 0 Å². The van der Waals surface area contributed by atoms with Gasteiger partial charge < -0.3 is 10.6 Å². The summed E-state index contributed by atoms with van der Waals surface area (Å²) in [4.78, 5) is 21.0. The summed E-state index contributed by atoms with van der Waals surface area (Å²) in [5.74, 6) is -0.0433. The summed E-state index contributed by atoms with van der Waals surface area (Å²) in [5, 5.41) is 8.33. The number of pyridine rings is 1. The molecule has 4 aromatic rings. The molecular formula is C21H16ClN5O3S2. The maximum atomic E-state index is 12.8. The lowest BCUT2D eigenvalue weighted by Crippen LogP contribution is -2.15. The van der Waals surface area contributed by atoms with E-state index < -0.39 is 15.9 Å². The number of hydrogen-bond donors (Lipinski definition) is 3. The Bertz CT molecular complexity index is 1340. The molecule has 162 valence electrons. The van der Waals surface area contributed by atoms with Gasteiger partial charge in [-0.15, -0.1) is 11.3 Å². The van der Waals surface area contributed by atoms with E-state index in [0.717, 1.165) is 0 Å². The van der Waals surface area contributed by atoms with Gasteiger partial charge in [0.05, 0.1) is 10.5 Å². The first-order valence-electron chi connectivity index (χ1n) is 9.22. The van der Waals surface area contributed by atoms with Crippen LogP contribution in [0.1, 0.15) is 10.4 Å². The first kappa shape index (κ1) is 21.8. The average Bonchev–Trinajstić information content (AvgIpc) is 3.27. The Labute approximate surface area is 193 Å². The van der Waals surface area contributed by atoms with Crippen LogP contribution in [0.5, 0.6) is 0 Å². The van der Waals surface area contributed by atoms with Gasteiger partial charge in [-0.05, 0) is 54.6 Å². The number of amides is 1. The number of anilines is 4. The van der Waals surface area contributed by atoms with Crippen LogP contribution in [0.3, 0.4) is 0 Å². The van der Waals surface area contributed by atoms with Crippen LogP contribution in [-0.2, 0) is 10.0 Å². The number of benzene rings is 2. The van der Waals surface area contributed by atoms with Gasteiger partial charge in [0.2, 0.25) is 0 Å². The van der Waals surface area contributed by atoms with Crippen LogP contribution < -0.4 is 15.4 Å². The van der Waals surface area contributed by atoms with E-state index in [1.54, 1.807) is 48.0 Å². The molecule has 0 spiro atoms. The summed E-state index contributed by atoms with van der Waals surface area (Å²) in [6.45, 7) is 0. The van der Waals surface area contributed by atoms with Crippen molar-refractivity contribution in [2.45, 2.75) is 4.90 Å². The smallest absolute Gasteiger partial charge is 0.263 e. The molecule has 0 saturated heterocycles. The zero-order valence-corrected chi connectivity index (χ0v) is 18.7. The van der Waals surface area contributed by atoms with E-state index in [0.29, 0.717) is 27.8 Å². The van der Waals surface area contributed by atoms with Crippen molar-refractivity contribution < 1.29 is 13.2 Å². The van der Waals surface area contributed by atoms with Crippen LogP contribution in [0.2, 0.25) is 5.02 Å². The van der Waals surface area contributed by atoms with E-state index >= 15 is 0 Å². The summed E-state index contributed by atoms with van der Waals surface area (Å²) in [6, 6.07) is 16.2. The van der Waals surface area contributed by atoms with Crippen molar-refractivity contribution in [3.63, 3.8) is 0 Å². The molecule has 0 fully saturated rings. The molecule has 1 amide bonds. The number of nitrogens with one attached hydrogen (secondary N) is 3. The molecular weight excluding hydrogens is 470 g/mol. The number of nitrogens with zero attached hydrogens (tertiary/aromatic N) is 2. The molecule has 11 heteroatoms. The largest absolute Gasteiger partial charge is 0.340 e. The summed E-state index contributed by atoms with van der Waals surface area (Å²) in [6.07, 6.45) is 3.08. The zero-order chi connectivity index (χ0) is 22.6. The standard InChI is InChI=1S/C21H16ClN5O3S2/c22-14-3-1-4-16(13-14)25-19-18(5-2-10-23-19)20(28)26-15-6-8-17(9-7-15)32(29,30)27-21-24-11-12-31-21/h1-13H,(H,23,25)(H,24,27)(H,26,28). The fourth-order valence-corrected chi connectivity index (χ4v) is 4.73. The highest BCUT2D eigenvalue weighted by atomic mass is 35.5. The molecule has 2 heterocycles. The average molecular weight is 486 g/mol. The van der Waals surface area contributed by atoms with Crippen LogP contribution in [-0.4, -0.2) is 24.3 Å². The molecule has 3 N–H and O–H groups in total. The van der Waals surface area contributed by atoms with E-state index in [1.165, 1.54) is 41.8 Å². The molecule has 0 radical (unpaired) electrons. The maximum absolute atomic E-state index is 12.8. The van der Waals surface area contributed by atoms with Crippen molar-refractivity contribution in [2.24, 2.45) is 0 Å². The van der Waals surface area contributed by atoms with Crippen LogP contribution in [0.25, 0.3) is 0 Å². The Hall–Kier alpha value is -3.47. The van der Waals surface area contributed by atoms with E-state index in [4.69, 9.17) is 11.6 Å². The molecule has 0 aliphatic carbocycles. The van der Waals surface area contributed by atoms with Gasteiger partial charge in [-0.25, -0.2) is 18.4 Å². The number of rotatable bonds is 7. The number of carbonyl (C=O) groups is 1. The minimum atomic E-state index is -3.77. The predicted octanol–water partition coefficient (Wildman–Crippen LogP) is 4.99. The maximum Gasteiger partial charge on any atom is 0.263 e. The third-order valence-corrected chi connectivity index (χ3v) is 6.62. The SMILES string of the molecule is O=C(Nc1ccc(S(=O)(=O)Nc2nccs2)cc1)c1cccnc1Nc1cccc(Cl)c1. The van der Waals surface area contributed by atoms with Crippen LogP contribution in [0.4, 0.5) is 22.3 Å². The Morgan fingerprint density at radius 1 is 0.938 bits per heavy atom. The number of sulfonamides is 1. The Morgan fingerprint density at radius 2 is 1.75 bits per heavy atom. The highest BCUT2D eigenvalue weighted by molar-refractivity contribution is 7.93. The first-order chi connectivity index (χ1) is 15.4. The molecule has 32 heavy (non-hydrogen) atoms. The van der Waals surface area contributed by atoms with Gasteiger partial charge in [-0.1, -0.05) is 17.7 Å². The van der Waals surface area contributed by atoms with Crippen LogP contribution in [0.15, 0.2) is 83.3 Å². The molecule has 0 aliphatic heterocycles. The highest BCUT2D eigenvalue weighted by Crippen LogP contribution is 2.23. The number of hydrogen-bond acceptors (Lipinski definition) is 7. The van der Waals surface area contributed by atoms with E-state index in [2.05, 4.69) is 25.3 Å². The third kappa shape index (κ3) is 5.22. The van der Waals surface area contributed by atoms with Crippen molar-refractivity contribution in [1.29, 1.82) is 0 Å². The lowest BCUT2D eigenvalue weighted by atomic mass is 10.2. The Kier molecular flexibility index (Phi) is 6.35. The molecule has 0 saturated carbocycles. The normalized spacial score (nSPS) is 11.0. The molecule has 2 aromatic heterocycles. The van der Waals surface area contributed by atoms with E-state index in [-0.39, 0.29) is 10.0 Å². The molecule has 2 aromatic carbocycles. The topological polar surface area (TPSA) is 113 Å². The second-order valence-corrected chi connectivity index (χ2v) is 9.47. The zero-order valence-electron chi connectivity index (χ0n) is 16.3. The molecule has 8 nitrogen and oxygen atoms in total. The third-order valence-electron chi connectivity index (χ3n) is 4.22. The van der Waals surface area contributed by atoms with Crippen molar-refractivity contribution >= 4 is 61.2 Å². The van der Waals surface area contributed by atoms with Crippen molar-refractivity contribution in [1.82, 2.24) is 9.97 Å². The summed E-state index contributed by atoms with van der Waals surface area (Å²) in [5.41, 5.74) is 1.43.